The predicted octanol–water partition coefficient (Wildman–Crippen LogP) is 12.3. The minimum atomic E-state index is -0.0588. The molecule has 3 saturated carbocycles. The largest absolute Gasteiger partial charge is 0.385 e. The molecule has 0 heterocycles. The Labute approximate surface area is 304 Å². The van der Waals surface area contributed by atoms with Gasteiger partial charge in [0.25, 0.3) is 0 Å². The fourth-order valence-corrected chi connectivity index (χ4v) is 8.67. The van der Waals surface area contributed by atoms with Gasteiger partial charge >= 0.3 is 0 Å². The fraction of sp³-hybridized carbons (Fsp3) is 0.609. The van der Waals surface area contributed by atoms with Crippen LogP contribution >= 0.6 is 0 Å². The van der Waals surface area contributed by atoms with Crippen molar-refractivity contribution < 1.29 is 0 Å². The number of nitrogens with one attached hydrogen (secondary N) is 3. The molecule has 4 unspecified atom stereocenters. The standard InChI is InChI=1S/C32H49N3.C14H26/c1-10-13-16-29-17-15-19-31(21-20-29)27(8)35-32(28(9)34-25(6)22-24(4)5)23-33-26(7)30(12-3)18-14-11-2;1-6-10-8-11-9-12(13(11,3)4)14(10,5)7-2/h11-12,14-15,18-21,24-25,32-35H,2,7-10,13,16-17,22-23H2,1,3-6H3;10-12H,6-9H2,1-5H3/b18-14-,30-12+;/t25?,32-;10?,11?,12?,14-/m01/s1. The Bertz CT molecular complexity index is 1270. The second kappa shape index (κ2) is 20.0. The second-order valence-corrected chi connectivity index (χ2v) is 16.2. The van der Waals surface area contributed by atoms with E-state index in [1.54, 1.807) is 6.08 Å². The lowest BCUT2D eigenvalue weighted by molar-refractivity contribution is -0.184. The Hall–Kier alpha value is -2.94. The zero-order valence-corrected chi connectivity index (χ0v) is 33.5. The van der Waals surface area contributed by atoms with Crippen LogP contribution in [0.25, 0.3) is 0 Å². The van der Waals surface area contributed by atoms with Crippen LogP contribution in [0.3, 0.4) is 0 Å². The highest BCUT2D eigenvalue weighted by atomic mass is 15.1. The smallest absolute Gasteiger partial charge is 0.0826 e. The Kier molecular flexibility index (Phi) is 17.3. The first-order valence-electron chi connectivity index (χ1n) is 19.5. The number of hydrogen-bond acceptors (Lipinski definition) is 3. The summed E-state index contributed by atoms with van der Waals surface area (Å²) < 4.78 is 0. The molecule has 49 heavy (non-hydrogen) atoms. The first-order valence-corrected chi connectivity index (χ1v) is 19.5. The van der Waals surface area contributed by atoms with E-state index >= 15 is 0 Å². The summed E-state index contributed by atoms with van der Waals surface area (Å²) in [5.74, 6) is 3.67. The maximum Gasteiger partial charge on any atom is 0.0826 e. The van der Waals surface area contributed by atoms with Crippen molar-refractivity contribution >= 4 is 0 Å². The summed E-state index contributed by atoms with van der Waals surface area (Å²) in [6.07, 6.45) is 28.1. The molecule has 3 fully saturated rings. The van der Waals surface area contributed by atoms with Crippen LogP contribution < -0.4 is 16.0 Å². The Morgan fingerprint density at radius 2 is 1.73 bits per heavy atom. The van der Waals surface area contributed by atoms with Crippen LogP contribution in [0.4, 0.5) is 0 Å². The summed E-state index contributed by atoms with van der Waals surface area (Å²) >= 11 is 0. The first kappa shape index (κ1) is 42.2. The molecule has 4 rings (SSSR count). The van der Waals surface area contributed by atoms with Gasteiger partial charge in [0.2, 0.25) is 0 Å². The summed E-state index contributed by atoms with van der Waals surface area (Å²) in [4.78, 5) is 0. The van der Waals surface area contributed by atoms with Crippen molar-refractivity contribution in [3.63, 3.8) is 0 Å². The van der Waals surface area contributed by atoms with Gasteiger partial charge in [-0.25, -0.2) is 0 Å². The molecule has 0 aromatic rings. The van der Waals surface area contributed by atoms with Gasteiger partial charge in [-0.3, -0.25) is 0 Å². The highest BCUT2D eigenvalue weighted by Gasteiger charge is 2.61. The van der Waals surface area contributed by atoms with Crippen molar-refractivity contribution in [2.24, 2.45) is 34.5 Å². The third kappa shape index (κ3) is 11.8. The van der Waals surface area contributed by atoms with Gasteiger partial charge in [0.1, 0.15) is 0 Å². The molecule has 3 heteroatoms. The Balaban J connectivity index is 0.000000488. The minimum Gasteiger partial charge on any atom is -0.385 e. The molecule has 3 N–H and O–H groups in total. The van der Waals surface area contributed by atoms with Crippen LogP contribution in [-0.4, -0.2) is 18.6 Å². The van der Waals surface area contributed by atoms with Crippen LogP contribution in [0.15, 0.2) is 109 Å². The maximum absolute atomic E-state index is 4.38. The van der Waals surface area contributed by atoms with Crippen molar-refractivity contribution in [1.82, 2.24) is 16.0 Å². The van der Waals surface area contributed by atoms with Crippen LogP contribution in [-0.2, 0) is 0 Å². The minimum absolute atomic E-state index is 0.0588. The molecular formula is C46H75N3. The van der Waals surface area contributed by atoms with E-state index in [9.17, 15) is 0 Å². The van der Waals surface area contributed by atoms with E-state index in [4.69, 9.17) is 0 Å². The summed E-state index contributed by atoms with van der Waals surface area (Å²) in [5.41, 5.74) is 7.61. The monoisotopic (exact) mass is 670 g/mol. The van der Waals surface area contributed by atoms with Crippen LogP contribution in [0.2, 0.25) is 0 Å². The molecule has 4 aliphatic carbocycles. The van der Waals surface area contributed by atoms with E-state index < -0.39 is 0 Å². The zero-order valence-electron chi connectivity index (χ0n) is 33.5. The quantitative estimate of drug-likeness (QED) is 0.120. The zero-order chi connectivity index (χ0) is 36.8. The first-order chi connectivity index (χ1) is 23.2. The van der Waals surface area contributed by atoms with Crippen LogP contribution in [0, 0.1) is 34.5 Å². The summed E-state index contributed by atoms with van der Waals surface area (Å²) in [5, 5.41) is 10.7. The molecule has 274 valence electrons. The summed E-state index contributed by atoms with van der Waals surface area (Å²) in [6, 6.07) is 0.280. The number of fused-ring (bicyclic) bond motifs is 2. The third-order valence-corrected chi connectivity index (χ3v) is 12.0. The number of allylic oxidation sites excluding steroid dienone is 9. The van der Waals surface area contributed by atoms with Gasteiger partial charge < -0.3 is 16.0 Å². The van der Waals surface area contributed by atoms with Crippen molar-refractivity contribution in [3.8, 4) is 0 Å². The molecule has 4 aliphatic rings. The second-order valence-electron chi connectivity index (χ2n) is 16.2. The van der Waals surface area contributed by atoms with Crippen LogP contribution in [0.5, 0.6) is 0 Å². The van der Waals surface area contributed by atoms with Crippen molar-refractivity contribution in [2.45, 2.75) is 139 Å². The normalized spacial score (nSPS) is 25.4. The number of rotatable bonds is 19. The molecule has 0 aromatic heterocycles. The lowest BCUT2D eigenvalue weighted by atomic mass is 9.37. The predicted molar refractivity (Wildman–Crippen MR) is 219 cm³/mol. The SMILES string of the molecule is C=C/C=C\C(=C/C)C(=C)NC[C@H](NC(=C)C1=CC=C(CCCC)CC=C1)C(=C)NC(C)CC(C)C.CCC1CC2CC(C2(C)C)[C@]1(C)CC. The number of hydrogen-bond donors (Lipinski definition) is 3. The molecule has 0 amide bonds. The lowest BCUT2D eigenvalue weighted by Gasteiger charge is -2.67. The molecule has 0 radical (unpaired) electrons. The number of unbranched alkanes of at least 4 members (excludes halogenated alkanes) is 1. The molecule has 6 atom stereocenters. The summed E-state index contributed by atoms with van der Waals surface area (Å²) in [6.45, 7) is 40.7. The van der Waals surface area contributed by atoms with Gasteiger partial charge in [0.05, 0.1) is 6.04 Å². The van der Waals surface area contributed by atoms with Gasteiger partial charge in [-0.15, -0.1) is 0 Å². The van der Waals surface area contributed by atoms with Gasteiger partial charge in [0.15, 0.2) is 0 Å². The van der Waals surface area contributed by atoms with E-state index in [-0.39, 0.29) is 6.04 Å². The van der Waals surface area contributed by atoms with Gasteiger partial charge in [-0.05, 0) is 98.0 Å². The van der Waals surface area contributed by atoms with Crippen molar-refractivity contribution in [1.29, 1.82) is 0 Å². The van der Waals surface area contributed by atoms with Gasteiger partial charge in [-0.2, -0.15) is 0 Å². The van der Waals surface area contributed by atoms with Crippen molar-refractivity contribution in [2.75, 3.05) is 6.54 Å². The van der Waals surface area contributed by atoms with E-state index in [1.807, 2.05) is 25.2 Å². The highest BCUT2D eigenvalue weighted by molar-refractivity contribution is 5.43. The highest BCUT2D eigenvalue weighted by Crippen LogP contribution is 2.69. The molecule has 3 nitrogen and oxygen atoms in total. The molecule has 0 spiro atoms. The summed E-state index contributed by atoms with van der Waals surface area (Å²) in [7, 11) is 0. The lowest BCUT2D eigenvalue weighted by Crippen LogP contribution is -2.60. The third-order valence-electron chi connectivity index (χ3n) is 12.0. The molecular weight excluding hydrogens is 595 g/mol. The average Bonchev–Trinajstić information content (AvgIpc) is 3.31. The van der Waals surface area contributed by atoms with E-state index in [2.05, 4.69) is 129 Å². The molecule has 0 aliphatic heterocycles. The fourth-order valence-electron chi connectivity index (χ4n) is 8.67. The van der Waals surface area contributed by atoms with Crippen LogP contribution in [0.1, 0.15) is 127 Å². The molecule has 0 aromatic carbocycles. The Morgan fingerprint density at radius 1 is 1.02 bits per heavy atom. The molecule has 0 saturated heterocycles. The topological polar surface area (TPSA) is 36.1 Å². The molecule has 2 bridgehead atoms. The Morgan fingerprint density at radius 3 is 2.31 bits per heavy atom. The van der Waals surface area contributed by atoms with Gasteiger partial charge in [0, 0.05) is 29.7 Å². The van der Waals surface area contributed by atoms with Crippen molar-refractivity contribution in [3.05, 3.63) is 109 Å². The average molecular weight is 670 g/mol. The van der Waals surface area contributed by atoms with E-state index in [0.29, 0.717) is 29.3 Å². The maximum atomic E-state index is 4.38. The van der Waals surface area contributed by atoms with E-state index in [0.717, 1.165) is 65.3 Å². The van der Waals surface area contributed by atoms with Gasteiger partial charge in [-0.1, -0.05) is 155 Å². The van der Waals surface area contributed by atoms with E-state index in [1.165, 1.54) is 44.1 Å².